The number of aliphatic hydroxyl groups is 1. The summed E-state index contributed by atoms with van der Waals surface area (Å²) in [5, 5.41) is 16.1. The summed E-state index contributed by atoms with van der Waals surface area (Å²) in [6, 6.07) is 7.76. The fourth-order valence-corrected chi connectivity index (χ4v) is 2.78. The number of hydrogen-bond donors (Lipinski definition) is 3. The van der Waals surface area contributed by atoms with E-state index in [0.717, 1.165) is 30.6 Å². The minimum absolute atomic E-state index is 0.0597. The van der Waals surface area contributed by atoms with Gasteiger partial charge in [0, 0.05) is 25.7 Å². The SMILES string of the molecule is CC(=O)Nc1ccc(CNCC(O)C2CCCC2)cc1. The van der Waals surface area contributed by atoms with Gasteiger partial charge >= 0.3 is 0 Å². The molecule has 1 fully saturated rings. The molecule has 1 aromatic rings. The number of anilines is 1. The predicted octanol–water partition coefficient (Wildman–Crippen LogP) is 2.29. The number of hydrogen-bond acceptors (Lipinski definition) is 3. The highest BCUT2D eigenvalue weighted by Gasteiger charge is 2.22. The van der Waals surface area contributed by atoms with Gasteiger partial charge in [0.1, 0.15) is 0 Å². The lowest BCUT2D eigenvalue weighted by molar-refractivity contribution is -0.114. The second kappa shape index (κ2) is 7.41. The molecule has 4 nitrogen and oxygen atoms in total. The van der Waals surface area contributed by atoms with Gasteiger partial charge in [-0.15, -0.1) is 0 Å². The molecule has 0 saturated heterocycles. The van der Waals surface area contributed by atoms with Crippen LogP contribution in [0.25, 0.3) is 0 Å². The Morgan fingerprint density at radius 1 is 1.30 bits per heavy atom. The first kappa shape index (κ1) is 15.0. The Bertz CT molecular complexity index is 425. The van der Waals surface area contributed by atoms with Crippen molar-refractivity contribution >= 4 is 11.6 Å². The van der Waals surface area contributed by atoms with E-state index in [0.29, 0.717) is 12.5 Å². The van der Waals surface area contributed by atoms with Crippen LogP contribution >= 0.6 is 0 Å². The van der Waals surface area contributed by atoms with Crippen LogP contribution in [0.2, 0.25) is 0 Å². The third-order valence-electron chi connectivity index (χ3n) is 3.90. The van der Waals surface area contributed by atoms with Crippen LogP contribution < -0.4 is 10.6 Å². The molecule has 110 valence electrons. The summed E-state index contributed by atoms with van der Waals surface area (Å²) in [5.74, 6) is 0.417. The maximum atomic E-state index is 10.9. The standard InChI is InChI=1S/C16H24N2O2/c1-12(19)18-15-8-6-13(7-9-15)10-17-11-16(20)14-4-2-3-5-14/h6-9,14,16-17,20H,2-5,10-11H2,1H3,(H,18,19). The molecular formula is C16H24N2O2. The zero-order valence-electron chi connectivity index (χ0n) is 12.1. The number of carbonyl (C=O) groups excluding carboxylic acids is 1. The molecular weight excluding hydrogens is 252 g/mol. The van der Waals surface area contributed by atoms with E-state index in [1.807, 2.05) is 24.3 Å². The first-order valence-electron chi connectivity index (χ1n) is 7.40. The molecule has 1 aromatic carbocycles. The summed E-state index contributed by atoms with van der Waals surface area (Å²) in [6.07, 6.45) is 4.61. The van der Waals surface area contributed by atoms with Crippen molar-refractivity contribution in [2.45, 2.75) is 45.3 Å². The molecule has 3 N–H and O–H groups in total. The first-order valence-corrected chi connectivity index (χ1v) is 7.40. The topological polar surface area (TPSA) is 61.4 Å². The number of nitrogens with one attached hydrogen (secondary N) is 2. The zero-order chi connectivity index (χ0) is 14.4. The van der Waals surface area contributed by atoms with Crippen LogP contribution in [-0.2, 0) is 11.3 Å². The van der Waals surface area contributed by atoms with Crippen molar-refractivity contribution < 1.29 is 9.90 Å². The van der Waals surface area contributed by atoms with E-state index < -0.39 is 0 Å². The van der Waals surface area contributed by atoms with Gasteiger partial charge in [0.2, 0.25) is 5.91 Å². The Morgan fingerprint density at radius 3 is 2.55 bits per heavy atom. The average Bonchev–Trinajstić information content (AvgIpc) is 2.94. The van der Waals surface area contributed by atoms with E-state index >= 15 is 0 Å². The van der Waals surface area contributed by atoms with Gasteiger partial charge in [-0.3, -0.25) is 4.79 Å². The fourth-order valence-electron chi connectivity index (χ4n) is 2.78. The number of amides is 1. The summed E-state index contributed by atoms with van der Waals surface area (Å²) < 4.78 is 0. The van der Waals surface area contributed by atoms with E-state index in [2.05, 4.69) is 10.6 Å². The molecule has 1 aliphatic carbocycles. The lowest BCUT2D eigenvalue weighted by Gasteiger charge is -2.18. The van der Waals surface area contributed by atoms with Crippen molar-refractivity contribution in [1.82, 2.24) is 5.32 Å². The van der Waals surface area contributed by atoms with E-state index in [4.69, 9.17) is 0 Å². The summed E-state index contributed by atoms with van der Waals surface area (Å²) in [4.78, 5) is 10.9. The van der Waals surface area contributed by atoms with Crippen molar-refractivity contribution in [2.24, 2.45) is 5.92 Å². The molecule has 1 amide bonds. The van der Waals surface area contributed by atoms with Gasteiger partial charge in [-0.1, -0.05) is 25.0 Å². The molecule has 1 unspecified atom stereocenters. The lowest BCUT2D eigenvalue weighted by Crippen LogP contribution is -2.31. The fraction of sp³-hybridized carbons (Fsp3) is 0.562. The highest BCUT2D eigenvalue weighted by atomic mass is 16.3. The highest BCUT2D eigenvalue weighted by Crippen LogP contribution is 2.27. The van der Waals surface area contributed by atoms with E-state index in [9.17, 15) is 9.90 Å². The molecule has 1 atom stereocenters. The van der Waals surface area contributed by atoms with E-state index in [1.165, 1.54) is 19.8 Å². The van der Waals surface area contributed by atoms with Gasteiger partial charge in [0.25, 0.3) is 0 Å². The molecule has 1 saturated carbocycles. The van der Waals surface area contributed by atoms with Crippen molar-refractivity contribution in [3.63, 3.8) is 0 Å². The Hall–Kier alpha value is -1.39. The monoisotopic (exact) mass is 276 g/mol. The second-order valence-corrected chi connectivity index (χ2v) is 5.62. The van der Waals surface area contributed by atoms with E-state index in [-0.39, 0.29) is 12.0 Å². The summed E-state index contributed by atoms with van der Waals surface area (Å²) >= 11 is 0. The molecule has 20 heavy (non-hydrogen) atoms. The Kier molecular flexibility index (Phi) is 5.56. The van der Waals surface area contributed by atoms with Gasteiger partial charge in [0.05, 0.1) is 6.10 Å². The van der Waals surface area contributed by atoms with Gasteiger partial charge in [-0.05, 0) is 36.5 Å². The maximum Gasteiger partial charge on any atom is 0.221 e. The van der Waals surface area contributed by atoms with Crippen molar-refractivity contribution in [3.8, 4) is 0 Å². The van der Waals surface area contributed by atoms with Gasteiger partial charge in [-0.2, -0.15) is 0 Å². The summed E-state index contributed by atoms with van der Waals surface area (Å²) in [7, 11) is 0. The number of aliphatic hydroxyl groups excluding tert-OH is 1. The van der Waals surface area contributed by atoms with Crippen LogP contribution in [0.15, 0.2) is 24.3 Å². The molecule has 0 spiro atoms. The number of benzene rings is 1. The predicted molar refractivity (Wildman–Crippen MR) is 80.4 cm³/mol. The number of carbonyl (C=O) groups is 1. The number of rotatable bonds is 6. The Morgan fingerprint density at radius 2 is 1.95 bits per heavy atom. The van der Waals surface area contributed by atoms with Crippen LogP contribution in [0.1, 0.15) is 38.2 Å². The van der Waals surface area contributed by atoms with Crippen LogP contribution in [-0.4, -0.2) is 23.7 Å². The van der Waals surface area contributed by atoms with Crippen LogP contribution in [0.4, 0.5) is 5.69 Å². The Balaban J connectivity index is 1.72. The smallest absolute Gasteiger partial charge is 0.221 e. The highest BCUT2D eigenvalue weighted by molar-refractivity contribution is 5.88. The molecule has 4 heteroatoms. The van der Waals surface area contributed by atoms with Crippen molar-refractivity contribution in [2.75, 3.05) is 11.9 Å². The maximum absolute atomic E-state index is 10.9. The first-order chi connectivity index (χ1) is 9.65. The van der Waals surface area contributed by atoms with E-state index in [1.54, 1.807) is 0 Å². The van der Waals surface area contributed by atoms with Crippen LogP contribution in [0, 0.1) is 5.92 Å². The minimum Gasteiger partial charge on any atom is -0.392 e. The molecule has 2 rings (SSSR count). The third-order valence-corrected chi connectivity index (χ3v) is 3.90. The quantitative estimate of drug-likeness (QED) is 0.747. The molecule has 0 aliphatic heterocycles. The molecule has 0 heterocycles. The van der Waals surface area contributed by atoms with Crippen molar-refractivity contribution in [1.29, 1.82) is 0 Å². The van der Waals surface area contributed by atoms with Gasteiger partial charge < -0.3 is 15.7 Å². The van der Waals surface area contributed by atoms with Crippen LogP contribution in [0.3, 0.4) is 0 Å². The molecule has 0 aromatic heterocycles. The van der Waals surface area contributed by atoms with Crippen molar-refractivity contribution in [3.05, 3.63) is 29.8 Å². The third kappa shape index (κ3) is 4.62. The summed E-state index contributed by atoms with van der Waals surface area (Å²) in [6.45, 7) is 2.89. The zero-order valence-corrected chi connectivity index (χ0v) is 12.1. The molecule has 0 radical (unpaired) electrons. The summed E-state index contributed by atoms with van der Waals surface area (Å²) in [5.41, 5.74) is 1.96. The largest absolute Gasteiger partial charge is 0.392 e. The minimum atomic E-state index is -0.226. The second-order valence-electron chi connectivity index (χ2n) is 5.62. The molecule has 0 bridgehead atoms. The van der Waals surface area contributed by atoms with Gasteiger partial charge in [0.15, 0.2) is 0 Å². The Labute approximate surface area is 120 Å². The molecule has 1 aliphatic rings. The average molecular weight is 276 g/mol. The lowest BCUT2D eigenvalue weighted by atomic mass is 10.0. The normalized spacial score (nSPS) is 17.1. The van der Waals surface area contributed by atoms with Crippen LogP contribution in [0.5, 0.6) is 0 Å². The van der Waals surface area contributed by atoms with Gasteiger partial charge in [-0.25, -0.2) is 0 Å².